The van der Waals surface area contributed by atoms with Gasteiger partial charge in [0.25, 0.3) is 0 Å². The van der Waals surface area contributed by atoms with Crippen LogP contribution in [0.3, 0.4) is 0 Å². The van der Waals surface area contributed by atoms with Gasteiger partial charge in [-0.25, -0.2) is 0 Å². The summed E-state index contributed by atoms with van der Waals surface area (Å²) in [4.78, 5) is 27.0. The smallest absolute Gasteiger partial charge is 0.312 e. The summed E-state index contributed by atoms with van der Waals surface area (Å²) in [6.07, 6.45) is 0. The predicted molar refractivity (Wildman–Crippen MR) is 73.9 cm³/mol. The van der Waals surface area contributed by atoms with Crippen LogP contribution >= 0.6 is 0 Å². The molecule has 1 N–H and O–H groups in total. The van der Waals surface area contributed by atoms with Crippen molar-refractivity contribution < 1.29 is 9.59 Å². The lowest BCUT2D eigenvalue weighted by Gasteiger charge is -2.35. The average Bonchev–Trinajstić information content (AvgIpc) is 2.53. The Bertz CT molecular complexity index is 516. The molecule has 0 bridgehead atoms. The van der Waals surface area contributed by atoms with Crippen molar-refractivity contribution in [2.75, 3.05) is 37.6 Å². The van der Waals surface area contributed by atoms with Gasteiger partial charge >= 0.3 is 11.8 Å². The Hall–Kier alpha value is -2.55. The maximum atomic E-state index is 11.8. The van der Waals surface area contributed by atoms with Crippen LogP contribution in [0.4, 0.5) is 5.69 Å². The minimum absolute atomic E-state index is 0.144. The summed E-state index contributed by atoms with van der Waals surface area (Å²) in [6.45, 7) is 2.26. The molecule has 0 aliphatic carbocycles. The lowest BCUT2D eigenvalue weighted by Crippen LogP contribution is -2.52. The van der Waals surface area contributed by atoms with Crippen molar-refractivity contribution in [3.63, 3.8) is 0 Å². The van der Waals surface area contributed by atoms with Gasteiger partial charge < -0.3 is 15.1 Å². The van der Waals surface area contributed by atoms with Gasteiger partial charge in [0, 0.05) is 31.9 Å². The van der Waals surface area contributed by atoms with E-state index in [1.165, 1.54) is 4.90 Å². The second-order valence-electron chi connectivity index (χ2n) is 4.46. The summed E-state index contributed by atoms with van der Waals surface area (Å²) >= 11 is 0. The summed E-state index contributed by atoms with van der Waals surface area (Å²) in [7, 11) is 0. The molecule has 0 atom stereocenters. The zero-order valence-corrected chi connectivity index (χ0v) is 11.1. The van der Waals surface area contributed by atoms with Gasteiger partial charge in [0.15, 0.2) is 0 Å². The number of hydrogen-bond donors (Lipinski definition) is 1. The van der Waals surface area contributed by atoms with E-state index in [0.717, 1.165) is 5.69 Å². The first-order valence-electron chi connectivity index (χ1n) is 6.46. The molecule has 20 heavy (non-hydrogen) atoms. The number of benzene rings is 1. The van der Waals surface area contributed by atoms with E-state index in [-0.39, 0.29) is 6.54 Å². The van der Waals surface area contributed by atoms with Gasteiger partial charge in [-0.2, -0.15) is 5.26 Å². The molecule has 0 unspecified atom stereocenters. The maximum Gasteiger partial charge on any atom is 0.312 e. The Kier molecular flexibility index (Phi) is 4.56. The quantitative estimate of drug-likeness (QED) is 0.606. The highest BCUT2D eigenvalue weighted by Gasteiger charge is 2.25. The summed E-state index contributed by atoms with van der Waals surface area (Å²) in [6, 6.07) is 11.7. The van der Waals surface area contributed by atoms with Crippen molar-refractivity contribution in [2.45, 2.75) is 0 Å². The molecule has 1 fully saturated rings. The van der Waals surface area contributed by atoms with E-state index < -0.39 is 11.8 Å². The van der Waals surface area contributed by atoms with Crippen molar-refractivity contribution in [1.29, 1.82) is 5.26 Å². The second-order valence-corrected chi connectivity index (χ2v) is 4.46. The molecule has 0 spiro atoms. The van der Waals surface area contributed by atoms with E-state index >= 15 is 0 Å². The molecule has 1 aromatic carbocycles. The number of rotatable bonds is 2. The Morgan fingerprint density at radius 1 is 1.15 bits per heavy atom. The summed E-state index contributed by atoms with van der Waals surface area (Å²) in [5.41, 5.74) is 1.12. The molecule has 1 saturated heterocycles. The average molecular weight is 272 g/mol. The number of carbonyl (C=O) groups excluding carboxylic acids is 2. The van der Waals surface area contributed by atoms with E-state index in [2.05, 4.69) is 10.2 Å². The molecule has 2 rings (SSSR count). The minimum Gasteiger partial charge on any atom is -0.368 e. The van der Waals surface area contributed by atoms with Crippen LogP contribution in [0, 0.1) is 11.3 Å². The van der Waals surface area contributed by atoms with Gasteiger partial charge in [0.2, 0.25) is 0 Å². The molecule has 1 aliphatic heterocycles. The number of para-hydroxylation sites is 1. The lowest BCUT2D eigenvalue weighted by atomic mass is 10.2. The molecule has 104 valence electrons. The van der Waals surface area contributed by atoms with E-state index in [0.29, 0.717) is 26.2 Å². The largest absolute Gasteiger partial charge is 0.368 e. The van der Waals surface area contributed by atoms with Crippen molar-refractivity contribution in [3.8, 4) is 6.07 Å². The first-order chi connectivity index (χ1) is 9.72. The minimum atomic E-state index is -0.709. The van der Waals surface area contributed by atoms with Gasteiger partial charge in [-0.15, -0.1) is 0 Å². The fourth-order valence-corrected chi connectivity index (χ4v) is 2.15. The predicted octanol–water partition coefficient (Wildman–Crippen LogP) is -0.0250. The van der Waals surface area contributed by atoms with Crippen molar-refractivity contribution in [1.82, 2.24) is 10.2 Å². The van der Waals surface area contributed by atoms with Crippen LogP contribution in [0.1, 0.15) is 0 Å². The van der Waals surface area contributed by atoms with E-state index in [9.17, 15) is 9.59 Å². The highest BCUT2D eigenvalue weighted by Crippen LogP contribution is 2.15. The zero-order chi connectivity index (χ0) is 14.4. The standard InChI is InChI=1S/C14H16N4O2/c15-6-7-16-13(19)14(20)18-10-8-17(9-11-18)12-4-2-1-3-5-12/h1-5H,7-11H2,(H,16,19). The number of nitrogens with one attached hydrogen (secondary N) is 1. The normalized spacial score (nSPS) is 14.6. The second kappa shape index (κ2) is 6.57. The van der Waals surface area contributed by atoms with Crippen molar-refractivity contribution in [3.05, 3.63) is 30.3 Å². The summed E-state index contributed by atoms with van der Waals surface area (Å²) in [5.74, 6) is -1.27. The van der Waals surface area contributed by atoms with Crippen molar-refractivity contribution in [2.24, 2.45) is 0 Å². The molecule has 1 heterocycles. The van der Waals surface area contributed by atoms with Gasteiger partial charge in [-0.05, 0) is 12.1 Å². The Labute approximate surface area is 117 Å². The molecular weight excluding hydrogens is 256 g/mol. The number of nitriles is 1. The SMILES string of the molecule is N#CCNC(=O)C(=O)N1CCN(c2ccccc2)CC1. The molecule has 2 amide bonds. The van der Waals surface area contributed by atoms with Crippen LogP contribution in [0.2, 0.25) is 0 Å². The Morgan fingerprint density at radius 3 is 2.40 bits per heavy atom. The fraction of sp³-hybridized carbons (Fsp3) is 0.357. The fourth-order valence-electron chi connectivity index (χ4n) is 2.15. The van der Waals surface area contributed by atoms with Gasteiger partial charge in [0.1, 0.15) is 6.54 Å². The van der Waals surface area contributed by atoms with Gasteiger partial charge in [-0.3, -0.25) is 9.59 Å². The van der Waals surface area contributed by atoms with Gasteiger partial charge in [-0.1, -0.05) is 18.2 Å². The zero-order valence-electron chi connectivity index (χ0n) is 11.1. The molecular formula is C14H16N4O2. The lowest BCUT2D eigenvalue weighted by molar-refractivity contribution is -0.145. The van der Waals surface area contributed by atoms with E-state index in [1.807, 2.05) is 30.3 Å². The third-order valence-electron chi connectivity index (χ3n) is 3.21. The van der Waals surface area contributed by atoms with Crippen LogP contribution in [-0.2, 0) is 9.59 Å². The van der Waals surface area contributed by atoms with Crippen LogP contribution in [0.25, 0.3) is 0 Å². The Balaban J connectivity index is 1.87. The molecule has 1 aliphatic rings. The Morgan fingerprint density at radius 2 is 1.80 bits per heavy atom. The highest BCUT2D eigenvalue weighted by molar-refractivity contribution is 6.35. The first kappa shape index (κ1) is 13.9. The van der Waals surface area contributed by atoms with Gasteiger partial charge in [0.05, 0.1) is 6.07 Å². The third kappa shape index (κ3) is 3.26. The van der Waals surface area contributed by atoms with Crippen LogP contribution in [0.15, 0.2) is 30.3 Å². The number of anilines is 1. The van der Waals surface area contributed by atoms with Crippen molar-refractivity contribution >= 4 is 17.5 Å². The molecule has 0 aromatic heterocycles. The summed E-state index contributed by atoms with van der Waals surface area (Å²) < 4.78 is 0. The van der Waals surface area contributed by atoms with E-state index in [1.54, 1.807) is 6.07 Å². The molecule has 6 nitrogen and oxygen atoms in total. The molecule has 6 heteroatoms. The molecule has 0 saturated carbocycles. The summed E-state index contributed by atoms with van der Waals surface area (Å²) in [5, 5.41) is 10.6. The van der Waals surface area contributed by atoms with E-state index in [4.69, 9.17) is 5.26 Å². The number of piperazine rings is 1. The number of hydrogen-bond acceptors (Lipinski definition) is 4. The maximum absolute atomic E-state index is 11.8. The first-order valence-corrected chi connectivity index (χ1v) is 6.46. The van der Waals surface area contributed by atoms with Crippen LogP contribution in [-0.4, -0.2) is 49.4 Å². The molecule has 1 aromatic rings. The number of carbonyl (C=O) groups is 2. The third-order valence-corrected chi connectivity index (χ3v) is 3.21. The number of nitrogens with zero attached hydrogens (tertiary/aromatic N) is 3. The topological polar surface area (TPSA) is 76.4 Å². The number of amides is 2. The highest BCUT2D eigenvalue weighted by atomic mass is 16.2. The van der Waals surface area contributed by atoms with Crippen LogP contribution < -0.4 is 10.2 Å². The van der Waals surface area contributed by atoms with Crippen LogP contribution in [0.5, 0.6) is 0 Å². The monoisotopic (exact) mass is 272 g/mol. The molecule has 0 radical (unpaired) electrons.